The molecular weight excluding hydrogens is 322 g/mol. The monoisotopic (exact) mass is 338 g/mol. The van der Waals surface area contributed by atoms with Crippen molar-refractivity contribution in [2.75, 3.05) is 11.9 Å². The molecule has 0 bridgehead atoms. The fraction of sp³-hybridized carbons (Fsp3) is 0.235. The fourth-order valence-electron chi connectivity index (χ4n) is 2.05. The van der Waals surface area contributed by atoms with Crippen LogP contribution in [0.2, 0.25) is 5.02 Å². The van der Waals surface area contributed by atoms with Crippen molar-refractivity contribution in [2.45, 2.75) is 19.3 Å². The molecule has 0 saturated heterocycles. The van der Waals surface area contributed by atoms with E-state index in [0.717, 1.165) is 17.7 Å². The van der Waals surface area contributed by atoms with Gasteiger partial charge in [0.25, 0.3) is 0 Å². The van der Waals surface area contributed by atoms with Crippen molar-refractivity contribution in [1.82, 2.24) is 5.32 Å². The summed E-state index contributed by atoms with van der Waals surface area (Å²) < 4.78 is 25.9. The number of benzene rings is 2. The molecule has 6 heteroatoms. The molecule has 2 rings (SSSR count). The first-order valence-corrected chi connectivity index (χ1v) is 7.42. The summed E-state index contributed by atoms with van der Waals surface area (Å²) in [5, 5.41) is 5.83. The zero-order valence-corrected chi connectivity index (χ0v) is 13.5. The van der Waals surface area contributed by atoms with Crippen LogP contribution in [0.4, 0.5) is 19.3 Å². The predicted octanol–water partition coefficient (Wildman–Crippen LogP) is 4.72. The molecule has 0 aliphatic carbocycles. The number of nitrogens with one attached hydrogen (secondary N) is 2. The number of rotatable bonds is 4. The van der Waals surface area contributed by atoms with Crippen LogP contribution in [0.25, 0.3) is 0 Å². The van der Waals surface area contributed by atoms with Crippen molar-refractivity contribution in [2.24, 2.45) is 0 Å². The summed E-state index contributed by atoms with van der Waals surface area (Å²) in [5.41, 5.74) is 0.899. The van der Waals surface area contributed by atoms with Crippen molar-refractivity contribution in [3.8, 4) is 0 Å². The van der Waals surface area contributed by atoms with Gasteiger partial charge in [-0.1, -0.05) is 37.6 Å². The first-order chi connectivity index (χ1) is 10.8. The topological polar surface area (TPSA) is 41.1 Å². The highest BCUT2D eigenvalue weighted by molar-refractivity contribution is 6.30. The second kappa shape index (κ2) is 6.96. The summed E-state index contributed by atoms with van der Waals surface area (Å²) in [6.45, 7) is 4.33. The predicted molar refractivity (Wildman–Crippen MR) is 87.9 cm³/mol. The third kappa shape index (κ3) is 4.66. The lowest BCUT2D eigenvalue weighted by molar-refractivity contribution is 0.249. The Morgan fingerprint density at radius 3 is 2.35 bits per heavy atom. The van der Waals surface area contributed by atoms with Gasteiger partial charge in [-0.3, -0.25) is 0 Å². The van der Waals surface area contributed by atoms with Crippen LogP contribution in [0.5, 0.6) is 0 Å². The van der Waals surface area contributed by atoms with E-state index in [4.69, 9.17) is 11.6 Å². The second-order valence-corrected chi connectivity index (χ2v) is 6.26. The summed E-state index contributed by atoms with van der Waals surface area (Å²) in [6, 6.07) is 10.1. The number of urea groups is 1. The number of hydrogen-bond donors (Lipinski definition) is 2. The lowest BCUT2D eigenvalue weighted by Gasteiger charge is -2.25. The summed E-state index contributed by atoms with van der Waals surface area (Å²) in [4.78, 5) is 11.9. The molecule has 0 aliphatic rings. The Morgan fingerprint density at radius 2 is 1.74 bits per heavy atom. The third-order valence-corrected chi connectivity index (χ3v) is 3.75. The maximum atomic E-state index is 13.1. The van der Waals surface area contributed by atoms with Crippen molar-refractivity contribution >= 4 is 23.3 Å². The SMILES string of the molecule is CC(C)(CNC(=O)Nc1ccc(F)c(F)c1)c1ccc(Cl)cc1. The number of halogens is 3. The molecule has 0 spiro atoms. The highest BCUT2D eigenvalue weighted by atomic mass is 35.5. The van der Waals surface area contributed by atoms with Gasteiger partial charge in [0.1, 0.15) is 0 Å². The highest BCUT2D eigenvalue weighted by Crippen LogP contribution is 2.24. The van der Waals surface area contributed by atoms with Gasteiger partial charge in [0.05, 0.1) is 0 Å². The standard InChI is InChI=1S/C17H17ClF2N2O/c1-17(2,11-3-5-12(18)6-4-11)10-21-16(23)22-13-7-8-14(19)15(20)9-13/h3-9H,10H2,1-2H3,(H2,21,22,23). The Labute approximate surface area is 138 Å². The maximum Gasteiger partial charge on any atom is 0.319 e. The van der Waals surface area contributed by atoms with E-state index in [0.29, 0.717) is 11.6 Å². The largest absolute Gasteiger partial charge is 0.337 e. The minimum atomic E-state index is -1.01. The normalized spacial score (nSPS) is 11.2. The molecule has 2 aromatic rings. The van der Waals surface area contributed by atoms with Crippen molar-refractivity contribution in [3.63, 3.8) is 0 Å². The molecule has 0 aromatic heterocycles. The van der Waals surface area contributed by atoms with Crippen molar-refractivity contribution < 1.29 is 13.6 Å². The Bertz CT molecular complexity index is 702. The number of hydrogen-bond acceptors (Lipinski definition) is 1. The molecule has 2 amide bonds. The van der Waals surface area contributed by atoms with Gasteiger partial charge in [0, 0.05) is 28.7 Å². The summed E-state index contributed by atoms with van der Waals surface area (Å²) in [5.74, 6) is -1.97. The van der Waals surface area contributed by atoms with Crippen LogP contribution in [0, 0.1) is 11.6 Å². The van der Waals surface area contributed by atoms with Gasteiger partial charge in [0.15, 0.2) is 11.6 Å². The molecule has 0 radical (unpaired) electrons. The van der Waals surface area contributed by atoms with E-state index in [1.54, 1.807) is 12.1 Å². The van der Waals surface area contributed by atoms with E-state index < -0.39 is 17.7 Å². The van der Waals surface area contributed by atoms with E-state index in [2.05, 4.69) is 10.6 Å². The van der Waals surface area contributed by atoms with E-state index in [-0.39, 0.29) is 11.1 Å². The minimum absolute atomic E-state index is 0.186. The molecule has 2 aromatic carbocycles. The summed E-state index contributed by atoms with van der Waals surface area (Å²) in [6.07, 6.45) is 0. The van der Waals surface area contributed by atoms with Gasteiger partial charge in [-0.25, -0.2) is 13.6 Å². The van der Waals surface area contributed by atoms with E-state index >= 15 is 0 Å². The van der Waals surface area contributed by atoms with Crippen LogP contribution in [0.1, 0.15) is 19.4 Å². The van der Waals surface area contributed by atoms with Crippen molar-refractivity contribution in [1.29, 1.82) is 0 Å². The molecule has 0 heterocycles. The molecule has 0 saturated carbocycles. The Kier molecular flexibility index (Phi) is 5.21. The lowest BCUT2D eigenvalue weighted by Crippen LogP contribution is -2.39. The van der Waals surface area contributed by atoms with Gasteiger partial charge in [-0.15, -0.1) is 0 Å². The molecule has 23 heavy (non-hydrogen) atoms. The van der Waals surface area contributed by atoms with Gasteiger partial charge < -0.3 is 10.6 Å². The fourth-order valence-corrected chi connectivity index (χ4v) is 2.18. The number of carbonyl (C=O) groups excluding carboxylic acids is 1. The molecule has 0 fully saturated rings. The number of carbonyl (C=O) groups is 1. The molecule has 2 N–H and O–H groups in total. The number of anilines is 1. The summed E-state index contributed by atoms with van der Waals surface area (Å²) in [7, 11) is 0. The molecule has 3 nitrogen and oxygen atoms in total. The summed E-state index contributed by atoms with van der Waals surface area (Å²) >= 11 is 5.87. The molecule has 0 unspecified atom stereocenters. The van der Waals surface area contributed by atoms with E-state index in [1.165, 1.54) is 6.07 Å². The maximum absolute atomic E-state index is 13.1. The lowest BCUT2D eigenvalue weighted by atomic mass is 9.85. The van der Waals surface area contributed by atoms with E-state index in [9.17, 15) is 13.6 Å². The van der Waals surface area contributed by atoms with Gasteiger partial charge in [0.2, 0.25) is 0 Å². The molecule has 0 aliphatic heterocycles. The van der Waals surface area contributed by atoms with Crippen LogP contribution in [0.3, 0.4) is 0 Å². The first-order valence-electron chi connectivity index (χ1n) is 7.04. The Balaban J connectivity index is 1.95. The van der Waals surface area contributed by atoms with Crippen molar-refractivity contribution in [3.05, 3.63) is 64.7 Å². The third-order valence-electron chi connectivity index (χ3n) is 3.49. The van der Waals surface area contributed by atoms with Gasteiger partial charge in [-0.2, -0.15) is 0 Å². The van der Waals surface area contributed by atoms with Crippen LogP contribution in [-0.4, -0.2) is 12.6 Å². The van der Waals surface area contributed by atoms with Crippen LogP contribution in [0.15, 0.2) is 42.5 Å². The van der Waals surface area contributed by atoms with Gasteiger partial charge in [-0.05, 0) is 29.8 Å². The minimum Gasteiger partial charge on any atom is -0.337 e. The highest BCUT2D eigenvalue weighted by Gasteiger charge is 2.21. The molecule has 0 atom stereocenters. The Hall–Kier alpha value is -2.14. The number of amides is 2. The zero-order valence-electron chi connectivity index (χ0n) is 12.8. The van der Waals surface area contributed by atoms with Gasteiger partial charge >= 0.3 is 6.03 Å². The smallest absolute Gasteiger partial charge is 0.319 e. The molecular formula is C17H17ClF2N2O. The average Bonchev–Trinajstić information content (AvgIpc) is 2.50. The van der Waals surface area contributed by atoms with Crippen LogP contribution in [-0.2, 0) is 5.41 Å². The first kappa shape index (κ1) is 17.2. The quantitative estimate of drug-likeness (QED) is 0.832. The second-order valence-electron chi connectivity index (χ2n) is 5.83. The van der Waals surface area contributed by atoms with Crippen LogP contribution >= 0.6 is 11.6 Å². The molecule has 122 valence electrons. The van der Waals surface area contributed by atoms with E-state index in [1.807, 2.05) is 26.0 Å². The zero-order chi connectivity index (χ0) is 17.0. The average molecular weight is 339 g/mol. The van der Waals surface area contributed by atoms with Crippen LogP contribution < -0.4 is 10.6 Å². The Morgan fingerprint density at radius 1 is 1.09 bits per heavy atom.